The summed E-state index contributed by atoms with van der Waals surface area (Å²) in [5.41, 5.74) is 0.495. The van der Waals surface area contributed by atoms with Crippen LogP contribution in [0.5, 0.6) is 5.75 Å². The van der Waals surface area contributed by atoms with Gasteiger partial charge in [0, 0.05) is 18.4 Å². The number of esters is 1. The first-order chi connectivity index (χ1) is 24.2. The summed E-state index contributed by atoms with van der Waals surface area (Å²) >= 11 is 0. The van der Waals surface area contributed by atoms with Gasteiger partial charge in [-0.1, -0.05) is 80.6 Å². The standard InChI is InChI=1S/C42H57N3O7/c1-11-28-18-22-31(23-19-28)35(36(47)43-34(38(49)51-40(3,4)5)27-29-16-14-13-15-17-29)45(42(9,10)12-2)37(48)33(44-39(50)52-41(6,7)8)26-30-20-24-32(46)25-21-30/h13-25,33-35,46H,11-12,26-27H2,1-10H3,(H,43,47)(H,44,50). The molecule has 0 aromatic heterocycles. The van der Waals surface area contributed by atoms with Crippen molar-refractivity contribution in [1.82, 2.24) is 15.5 Å². The van der Waals surface area contributed by atoms with E-state index in [4.69, 9.17) is 9.47 Å². The molecular weight excluding hydrogens is 658 g/mol. The van der Waals surface area contributed by atoms with Gasteiger partial charge < -0.3 is 30.1 Å². The molecule has 3 aromatic carbocycles. The molecule has 3 N–H and O–H groups in total. The number of aryl methyl sites for hydroxylation is 1. The van der Waals surface area contributed by atoms with E-state index in [1.54, 1.807) is 53.7 Å². The summed E-state index contributed by atoms with van der Waals surface area (Å²) in [5, 5.41) is 15.7. The topological polar surface area (TPSA) is 134 Å². The van der Waals surface area contributed by atoms with Gasteiger partial charge in [-0.3, -0.25) is 9.59 Å². The van der Waals surface area contributed by atoms with Crippen LogP contribution in [0, 0.1) is 0 Å². The maximum absolute atomic E-state index is 15.1. The molecule has 0 aliphatic rings. The lowest BCUT2D eigenvalue weighted by Crippen LogP contribution is -2.60. The first kappa shape index (κ1) is 41.6. The average Bonchev–Trinajstić information content (AvgIpc) is 3.06. The summed E-state index contributed by atoms with van der Waals surface area (Å²) in [6, 6.07) is 19.7. The van der Waals surface area contributed by atoms with Gasteiger partial charge in [-0.15, -0.1) is 0 Å². The number of nitrogens with zero attached hydrogens (tertiary/aromatic N) is 1. The number of phenolic OH excluding ortho intramolecular Hbond substituents is 1. The number of hydrogen-bond acceptors (Lipinski definition) is 7. The maximum Gasteiger partial charge on any atom is 0.408 e. The van der Waals surface area contributed by atoms with Crippen LogP contribution in [-0.4, -0.2) is 62.7 Å². The molecule has 10 nitrogen and oxygen atoms in total. The Balaban J connectivity index is 2.19. The van der Waals surface area contributed by atoms with Crippen molar-refractivity contribution in [2.24, 2.45) is 0 Å². The first-order valence-electron chi connectivity index (χ1n) is 18.0. The van der Waals surface area contributed by atoms with Crippen LogP contribution in [-0.2, 0) is 43.1 Å². The molecule has 0 aliphatic carbocycles. The molecule has 0 radical (unpaired) electrons. The first-order valence-corrected chi connectivity index (χ1v) is 18.0. The summed E-state index contributed by atoms with van der Waals surface area (Å²) in [7, 11) is 0. The lowest BCUT2D eigenvalue weighted by Gasteiger charge is -2.45. The zero-order valence-electron chi connectivity index (χ0n) is 32.4. The number of amides is 3. The summed E-state index contributed by atoms with van der Waals surface area (Å²) in [5.74, 6) is -1.65. The molecule has 0 fully saturated rings. The molecule has 10 heteroatoms. The highest BCUT2D eigenvalue weighted by molar-refractivity contribution is 5.94. The highest BCUT2D eigenvalue weighted by atomic mass is 16.6. The molecule has 52 heavy (non-hydrogen) atoms. The fourth-order valence-electron chi connectivity index (χ4n) is 5.65. The third kappa shape index (κ3) is 12.4. The Morgan fingerprint density at radius 1 is 0.673 bits per heavy atom. The molecule has 3 amide bonds. The Labute approximate surface area is 309 Å². The van der Waals surface area contributed by atoms with E-state index in [1.807, 2.05) is 82.3 Å². The molecule has 0 bridgehead atoms. The zero-order chi connectivity index (χ0) is 38.9. The number of aromatic hydroxyl groups is 1. The number of nitrogens with one attached hydrogen (secondary N) is 2. The lowest BCUT2D eigenvalue weighted by atomic mass is 9.90. The van der Waals surface area contributed by atoms with Gasteiger partial charge in [0.05, 0.1) is 0 Å². The summed E-state index contributed by atoms with van der Waals surface area (Å²) in [6.07, 6.45) is 0.643. The van der Waals surface area contributed by atoms with E-state index in [9.17, 15) is 19.5 Å². The second-order valence-corrected chi connectivity index (χ2v) is 15.7. The van der Waals surface area contributed by atoms with E-state index in [1.165, 1.54) is 17.0 Å². The highest BCUT2D eigenvalue weighted by Crippen LogP contribution is 2.33. The number of benzene rings is 3. The van der Waals surface area contributed by atoms with Crippen LogP contribution < -0.4 is 10.6 Å². The van der Waals surface area contributed by atoms with Crippen molar-refractivity contribution in [3.8, 4) is 5.75 Å². The van der Waals surface area contributed by atoms with Crippen LogP contribution in [0.2, 0.25) is 0 Å². The Morgan fingerprint density at radius 2 is 1.19 bits per heavy atom. The van der Waals surface area contributed by atoms with Crippen LogP contribution in [0.4, 0.5) is 4.79 Å². The number of carbonyl (C=O) groups is 4. The number of hydrogen-bond donors (Lipinski definition) is 3. The predicted octanol–water partition coefficient (Wildman–Crippen LogP) is 7.22. The van der Waals surface area contributed by atoms with Crippen molar-refractivity contribution in [3.05, 3.63) is 101 Å². The second kappa shape index (κ2) is 17.6. The number of carbonyl (C=O) groups excluding carboxylic acids is 4. The molecule has 3 atom stereocenters. The van der Waals surface area contributed by atoms with Crippen molar-refractivity contribution in [1.29, 1.82) is 0 Å². The minimum atomic E-state index is -1.21. The predicted molar refractivity (Wildman–Crippen MR) is 203 cm³/mol. The number of ether oxygens (including phenoxy) is 2. The fraction of sp³-hybridized carbons (Fsp3) is 0.476. The Kier molecular flexibility index (Phi) is 14.0. The summed E-state index contributed by atoms with van der Waals surface area (Å²) in [4.78, 5) is 58.4. The monoisotopic (exact) mass is 715 g/mol. The lowest BCUT2D eigenvalue weighted by molar-refractivity contribution is -0.159. The van der Waals surface area contributed by atoms with Crippen molar-refractivity contribution >= 4 is 23.9 Å². The molecule has 3 rings (SSSR count). The van der Waals surface area contributed by atoms with E-state index in [0.29, 0.717) is 17.5 Å². The van der Waals surface area contributed by atoms with E-state index >= 15 is 4.79 Å². The molecule has 0 saturated heterocycles. The number of rotatable bonds is 14. The highest BCUT2D eigenvalue weighted by Gasteiger charge is 2.44. The van der Waals surface area contributed by atoms with Gasteiger partial charge in [0.1, 0.15) is 35.1 Å². The molecule has 0 saturated carbocycles. The summed E-state index contributed by atoms with van der Waals surface area (Å²) < 4.78 is 11.3. The molecule has 0 aliphatic heterocycles. The largest absolute Gasteiger partial charge is 0.508 e. The zero-order valence-corrected chi connectivity index (χ0v) is 32.4. The smallest absolute Gasteiger partial charge is 0.408 e. The average molecular weight is 716 g/mol. The molecule has 282 valence electrons. The van der Waals surface area contributed by atoms with Crippen LogP contribution in [0.25, 0.3) is 0 Å². The molecular formula is C42H57N3O7. The van der Waals surface area contributed by atoms with Gasteiger partial charge in [0.15, 0.2) is 0 Å². The SMILES string of the molecule is CCc1ccc(C(C(=O)NC(Cc2ccccc2)C(=O)OC(C)(C)C)N(C(=O)C(Cc2ccc(O)cc2)NC(=O)OC(C)(C)C)C(C)(C)CC)cc1. The molecule has 0 heterocycles. The van der Waals surface area contributed by atoms with Gasteiger partial charge in [0.25, 0.3) is 0 Å². The van der Waals surface area contributed by atoms with Crippen molar-refractivity contribution < 1.29 is 33.8 Å². The maximum atomic E-state index is 15.1. The van der Waals surface area contributed by atoms with Gasteiger partial charge in [-0.2, -0.15) is 0 Å². The van der Waals surface area contributed by atoms with Gasteiger partial charge in [-0.25, -0.2) is 9.59 Å². The van der Waals surface area contributed by atoms with E-state index in [-0.39, 0.29) is 18.6 Å². The van der Waals surface area contributed by atoms with Crippen molar-refractivity contribution in [2.75, 3.05) is 0 Å². The fourth-order valence-corrected chi connectivity index (χ4v) is 5.65. The van der Waals surface area contributed by atoms with Gasteiger partial charge >= 0.3 is 12.1 Å². The van der Waals surface area contributed by atoms with Crippen molar-refractivity contribution in [3.63, 3.8) is 0 Å². The van der Waals surface area contributed by atoms with Gasteiger partial charge in [0.2, 0.25) is 11.8 Å². The Morgan fingerprint density at radius 3 is 1.71 bits per heavy atom. The normalized spacial score (nSPS) is 13.7. The van der Waals surface area contributed by atoms with Crippen LogP contribution >= 0.6 is 0 Å². The Bertz CT molecular complexity index is 1640. The van der Waals surface area contributed by atoms with Gasteiger partial charge in [-0.05, 0) is 103 Å². The van der Waals surface area contributed by atoms with E-state index in [0.717, 1.165) is 17.5 Å². The van der Waals surface area contributed by atoms with Crippen LogP contribution in [0.3, 0.4) is 0 Å². The summed E-state index contributed by atoms with van der Waals surface area (Å²) in [6.45, 7) is 18.2. The number of phenols is 1. The minimum Gasteiger partial charge on any atom is -0.508 e. The Hall–Kier alpha value is -4.86. The molecule has 0 spiro atoms. The molecule has 3 unspecified atom stereocenters. The van der Waals surface area contributed by atoms with Crippen LogP contribution in [0.15, 0.2) is 78.9 Å². The third-order valence-corrected chi connectivity index (χ3v) is 8.62. The quantitative estimate of drug-likeness (QED) is 0.150. The second-order valence-electron chi connectivity index (χ2n) is 15.7. The molecule has 3 aromatic rings. The third-order valence-electron chi connectivity index (χ3n) is 8.62. The minimum absolute atomic E-state index is 0.0479. The van der Waals surface area contributed by atoms with E-state index in [2.05, 4.69) is 10.6 Å². The number of alkyl carbamates (subject to hydrolysis) is 1. The van der Waals surface area contributed by atoms with E-state index < -0.39 is 58.7 Å². The van der Waals surface area contributed by atoms with Crippen LogP contribution in [0.1, 0.15) is 104 Å². The van der Waals surface area contributed by atoms with Crippen molar-refractivity contribution in [2.45, 2.75) is 130 Å².